The largest absolute Gasteiger partial charge is 0.389 e. The van der Waals surface area contributed by atoms with Crippen LogP contribution >= 0.6 is 0 Å². The number of benzene rings is 1. The Balaban J connectivity index is 2.00. The van der Waals surface area contributed by atoms with Crippen LogP contribution in [0.4, 0.5) is 10.1 Å². The van der Waals surface area contributed by atoms with Gasteiger partial charge in [-0.3, -0.25) is 0 Å². The van der Waals surface area contributed by atoms with E-state index in [1.807, 2.05) is 6.07 Å². The van der Waals surface area contributed by atoms with Gasteiger partial charge in [0, 0.05) is 12.1 Å². The molecule has 1 aromatic rings. The van der Waals surface area contributed by atoms with E-state index in [-0.39, 0.29) is 18.0 Å². The Morgan fingerprint density at radius 1 is 1.42 bits per heavy atom. The summed E-state index contributed by atoms with van der Waals surface area (Å²) in [5.74, 6) is -0.244. The number of halogens is 1. The van der Waals surface area contributed by atoms with E-state index < -0.39 is 6.10 Å². The number of rotatable bonds is 2. The standard InChI is InChI=1S/C15H20FNO2/c1-10(18)11-4-2-5-12(16)15(11)17-8-9-19-14-7-3-6-13(14)17/h2,4-5,10,13-14,18H,3,6-9H2,1H3/t10-,13?,14?/m0/s1. The van der Waals surface area contributed by atoms with Gasteiger partial charge in [0.25, 0.3) is 0 Å². The van der Waals surface area contributed by atoms with E-state index >= 15 is 0 Å². The Morgan fingerprint density at radius 3 is 3.05 bits per heavy atom. The maximum atomic E-state index is 14.3. The summed E-state index contributed by atoms with van der Waals surface area (Å²) in [7, 11) is 0. The predicted octanol–water partition coefficient (Wildman–Crippen LogP) is 2.64. The maximum absolute atomic E-state index is 14.3. The number of hydrogen-bond donors (Lipinski definition) is 1. The summed E-state index contributed by atoms with van der Waals surface area (Å²) in [4.78, 5) is 2.11. The minimum Gasteiger partial charge on any atom is -0.389 e. The van der Waals surface area contributed by atoms with Crippen molar-refractivity contribution in [1.82, 2.24) is 0 Å². The van der Waals surface area contributed by atoms with E-state index in [2.05, 4.69) is 4.90 Å². The maximum Gasteiger partial charge on any atom is 0.146 e. The smallest absolute Gasteiger partial charge is 0.146 e. The fraction of sp³-hybridized carbons (Fsp3) is 0.600. The molecule has 0 radical (unpaired) electrons. The zero-order chi connectivity index (χ0) is 13.4. The normalized spacial score (nSPS) is 28.3. The second-order valence-electron chi connectivity index (χ2n) is 5.45. The number of aliphatic hydroxyl groups excluding tert-OH is 1. The molecule has 1 saturated carbocycles. The molecule has 2 aliphatic rings. The number of fused-ring (bicyclic) bond motifs is 1. The van der Waals surface area contributed by atoms with Gasteiger partial charge >= 0.3 is 0 Å². The quantitative estimate of drug-likeness (QED) is 0.892. The Kier molecular flexibility index (Phi) is 3.46. The summed E-state index contributed by atoms with van der Waals surface area (Å²) in [5, 5.41) is 9.88. The second kappa shape index (κ2) is 5.10. The van der Waals surface area contributed by atoms with Crippen LogP contribution in [0.5, 0.6) is 0 Å². The lowest BCUT2D eigenvalue weighted by Gasteiger charge is -2.40. The van der Waals surface area contributed by atoms with Crippen LogP contribution < -0.4 is 4.90 Å². The molecule has 3 rings (SSSR count). The molecule has 1 saturated heterocycles. The van der Waals surface area contributed by atoms with E-state index in [1.165, 1.54) is 6.07 Å². The van der Waals surface area contributed by atoms with Gasteiger partial charge in [-0.25, -0.2) is 4.39 Å². The van der Waals surface area contributed by atoms with Crippen molar-refractivity contribution in [3.8, 4) is 0 Å². The molecule has 0 aromatic heterocycles. The van der Waals surface area contributed by atoms with Crippen molar-refractivity contribution in [3.63, 3.8) is 0 Å². The second-order valence-corrected chi connectivity index (χ2v) is 5.45. The highest BCUT2D eigenvalue weighted by Gasteiger charge is 2.38. The third kappa shape index (κ3) is 2.23. The van der Waals surface area contributed by atoms with Crippen LogP contribution in [0.2, 0.25) is 0 Å². The molecule has 19 heavy (non-hydrogen) atoms. The van der Waals surface area contributed by atoms with E-state index in [4.69, 9.17) is 4.74 Å². The Labute approximate surface area is 113 Å². The minimum absolute atomic E-state index is 0.218. The number of morpholine rings is 1. The Morgan fingerprint density at radius 2 is 2.26 bits per heavy atom. The molecule has 0 bridgehead atoms. The molecule has 2 unspecified atom stereocenters. The lowest BCUT2D eigenvalue weighted by Crippen LogP contribution is -2.49. The van der Waals surface area contributed by atoms with Crippen LogP contribution in [-0.2, 0) is 4.74 Å². The fourth-order valence-electron chi connectivity index (χ4n) is 3.38. The minimum atomic E-state index is -0.659. The SMILES string of the molecule is C[C@H](O)c1cccc(F)c1N1CCOC2CCCC21. The summed E-state index contributed by atoms with van der Waals surface area (Å²) < 4.78 is 20.0. The topological polar surface area (TPSA) is 32.7 Å². The van der Waals surface area contributed by atoms with E-state index in [1.54, 1.807) is 13.0 Å². The van der Waals surface area contributed by atoms with Crippen molar-refractivity contribution in [2.75, 3.05) is 18.1 Å². The van der Waals surface area contributed by atoms with Gasteiger partial charge in [0.1, 0.15) is 5.82 Å². The Hall–Kier alpha value is -1.13. The number of anilines is 1. The summed E-state index contributed by atoms with van der Waals surface area (Å²) >= 11 is 0. The van der Waals surface area contributed by atoms with Gasteiger partial charge < -0.3 is 14.7 Å². The molecule has 0 amide bonds. The van der Waals surface area contributed by atoms with Crippen molar-refractivity contribution in [1.29, 1.82) is 0 Å². The fourth-order valence-corrected chi connectivity index (χ4v) is 3.38. The number of hydrogen-bond acceptors (Lipinski definition) is 3. The average Bonchev–Trinajstić information content (AvgIpc) is 2.86. The summed E-state index contributed by atoms with van der Waals surface area (Å²) in [5.41, 5.74) is 1.24. The molecule has 2 fully saturated rings. The van der Waals surface area contributed by atoms with Crippen molar-refractivity contribution in [2.45, 2.75) is 44.4 Å². The summed E-state index contributed by atoms with van der Waals surface area (Å²) in [6, 6.07) is 5.19. The van der Waals surface area contributed by atoms with Crippen molar-refractivity contribution in [3.05, 3.63) is 29.6 Å². The molecule has 1 aliphatic carbocycles. The zero-order valence-corrected chi connectivity index (χ0v) is 11.2. The van der Waals surface area contributed by atoms with Crippen LogP contribution in [0.1, 0.15) is 37.9 Å². The zero-order valence-electron chi connectivity index (χ0n) is 11.2. The Bertz CT molecular complexity index is 463. The van der Waals surface area contributed by atoms with E-state index in [9.17, 15) is 9.50 Å². The van der Waals surface area contributed by atoms with Crippen molar-refractivity contribution in [2.24, 2.45) is 0 Å². The highest BCUT2D eigenvalue weighted by molar-refractivity contribution is 5.57. The first-order chi connectivity index (χ1) is 9.18. The lowest BCUT2D eigenvalue weighted by atomic mass is 10.0. The summed E-state index contributed by atoms with van der Waals surface area (Å²) in [6.07, 6.45) is 2.78. The molecule has 0 spiro atoms. The van der Waals surface area contributed by atoms with Gasteiger partial charge in [0.05, 0.1) is 30.5 Å². The van der Waals surface area contributed by atoms with Crippen LogP contribution in [0.3, 0.4) is 0 Å². The van der Waals surface area contributed by atoms with Crippen LogP contribution in [-0.4, -0.2) is 30.4 Å². The lowest BCUT2D eigenvalue weighted by molar-refractivity contribution is 0.0251. The van der Waals surface area contributed by atoms with Crippen LogP contribution in [0.15, 0.2) is 18.2 Å². The molecule has 104 valence electrons. The van der Waals surface area contributed by atoms with Crippen LogP contribution in [0.25, 0.3) is 0 Å². The molecular formula is C15H20FNO2. The molecular weight excluding hydrogens is 245 g/mol. The number of ether oxygens (including phenoxy) is 1. The monoisotopic (exact) mass is 265 g/mol. The van der Waals surface area contributed by atoms with Crippen molar-refractivity contribution >= 4 is 5.69 Å². The highest BCUT2D eigenvalue weighted by atomic mass is 19.1. The van der Waals surface area contributed by atoms with Gasteiger partial charge in [-0.1, -0.05) is 12.1 Å². The van der Waals surface area contributed by atoms with Crippen molar-refractivity contribution < 1.29 is 14.2 Å². The van der Waals surface area contributed by atoms with Gasteiger partial charge in [-0.15, -0.1) is 0 Å². The molecule has 4 heteroatoms. The van der Waals surface area contributed by atoms with Gasteiger partial charge in [-0.2, -0.15) is 0 Å². The molecule has 1 aliphatic heterocycles. The third-order valence-electron chi connectivity index (χ3n) is 4.24. The number of para-hydroxylation sites is 1. The number of aliphatic hydroxyl groups is 1. The number of nitrogens with zero attached hydrogens (tertiary/aromatic N) is 1. The van der Waals surface area contributed by atoms with Crippen LogP contribution in [0, 0.1) is 5.82 Å². The molecule has 3 atom stereocenters. The average molecular weight is 265 g/mol. The highest BCUT2D eigenvalue weighted by Crippen LogP contribution is 2.37. The predicted molar refractivity (Wildman–Crippen MR) is 71.8 cm³/mol. The third-order valence-corrected chi connectivity index (χ3v) is 4.24. The molecule has 1 N–H and O–H groups in total. The molecule has 1 aromatic carbocycles. The van der Waals surface area contributed by atoms with E-state index in [0.29, 0.717) is 24.4 Å². The van der Waals surface area contributed by atoms with Gasteiger partial charge in [0.15, 0.2) is 0 Å². The molecule has 3 nitrogen and oxygen atoms in total. The summed E-state index contributed by atoms with van der Waals surface area (Å²) in [6.45, 7) is 3.02. The first-order valence-corrected chi connectivity index (χ1v) is 7.03. The van der Waals surface area contributed by atoms with E-state index in [0.717, 1.165) is 19.3 Å². The van der Waals surface area contributed by atoms with Gasteiger partial charge in [0.2, 0.25) is 0 Å². The first-order valence-electron chi connectivity index (χ1n) is 7.03. The molecule has 1 heterocycles. The first kappa shape index (κ1) is 12.9. The van der Waals surface area contributed by atoms with Gasteiger partial charge in [-0.05, 0) is 32.3 Å².